The van der Waals surface area contributed by atoms with Crippen molar-refractivity contribution in [3.8, 4) is 0 Å². The molecule has 0 saturated heterocycles. The molecular weight excluding hydrogens is 208 g/mol. The Bertz CT molecular complexity index is 442. The first kappa shape index (κ1) is 10.1. The van der Waals surface area contributed by atoms with Gasteiger partial charge in [-0.1, -0.05) is 29.8 Å². The minimum Gasteiger partial charge on any atom is -0.320 e. The second kappa shape index (κ2) is 4.43. The predicted molar refractivity (Wildman–Crippen MR) is 61.7 cm³/mol. The van der Waals surface area contributed by atoms with Crippen LogP contribution in [-0.2, 0) is 0 Å². The van der Waals surface area contributed by atoms with Crippen molar-refractivity contribution >= 4 is 11.6 Å². The molecule has 1 heterocycles. The van der Waals surface area contributed by atoms with E-state index < -0.39 is 0 Å². The molecule has 2 nitrogen and oxygen atoms in total. The average Bonchev–Trinajstić information content (AvgIpc) is 2.30. The highest BCUT2D eigenvalue weighted by Gasteiger charge is 2.10. The molecule has 0 aliphatic rings. The Balaban J connectivity index is 2.37. The minimum atomic E-state index is -0.193. The molecular formula is C12H11ClN2. The van der Waals surface area contributed by atoms with Crippen LogP contribution in [0.2, 0.25) is 5.02 Å². The van der Waals surface area contributed by atoms with Crippen molar-refractivity contribution in [1.82, 2.24) is 4.98 Å². The maximum atomic E-state index is 6.10. The van der Waals surface area contributed by atoms with E-state index in [1.165, 1.54) is 0 Å². The molecule has 0 radical (unpaired) electrons. The van der Waals surface area contributed by atoms with Crippen LogP contribution in [0.15, 0.2) is 48.8 Å². The molecule has 3 heteroatoms. The van der Waals surface area contributed by atoms with Gasteiger partial charge in [-0.2, -0.15) is 0 Å². The number of rotatable bonds is 2. The number of benzene rings is 1. The summed E-state index contributed by atoms with van der Waals surface area (Å²) in [6.07, 6.45) is 3.46. The smallest absolute Gasteiger partial charge is 0.0567 e. The van der Waals surface area contributed by atoms with Gasteiger partial charge < -0.3 is 5.73 Å². The second-order valence-corrected chi connectivity index (χ2v) is 3.69. The lowest BCUT2D eigenvalue weighted by Gasteiger charge is -2.13. The van der Waals surface area contributed by atoms with Crippen LogP contribution in [-0.4, -0.2) is 4.98 Å². The van der Waals surface area contributed by atoms with E-state index in [-0.39, 0.29) is 6.04 Å². The summed E-state index contributed by atoms with van der Waals surface area (Å²) in [5, 5.41) is 0.696. The Morgan fingerprint density at radius 3 is 2.40 bits per heavy atom. The molecule has 0 spiro atoms. The Morgan fingerprint density at radius 2 is 1.73 bits per heavy atom. The van der Waals surface area contributed by atoms with Gasteiger partial charge in [-0.15, -0.1) is 0 Å². The summed E-state index contributed by atoms with van der Waals surface area (Å²) in [6, 6.07) is 11.2. The lowest BCUT2D eigenvalue weighted by molar-refractivity contribution is 0.868. The molecule has 0 amide bonds. The Hall–Kier alpha value is -1.38. The summed E-state index contributed by atoms with van der Waals surface area (Å²) in [4.78, 5) is 3.96. The van der Waals surface area contributed by atoms with Crippen LogP contribution in [0.5, 0.6) is 0 Å². The zero-order valence-corrected chi connectivity index (χ0v) is 8.85. The van der Waals surface area contributed by atoms with Gasteiger partial charge in [-0.25, -0.2) is 0 Å². The molecule has 0 unspecified atom stereocenters. The fraction of sp³-hybridized carbons (Fsp3) is 0.0833. The van der Waals surface area contributed by atoms with E-state index in [1.54, 1.807) is 12.4 Å². The van der Waals surface area contributed by atoms with Crippen molar-refractivity contribution in [2.24, 2.45) is 5.73 Å². The first-order chi connectivity index (χ1) is 7.29. The summed E-state index contributed by atoms with van der Waals surface area (Å²) in [6.45, 7) is 0. The van der Waals surface area contributed by atoms with Gasteiger partial charge in [0.1, 0.15) is 0 Å². The summed E-state index contributed by atoms with van der Waals surface area (Å²) in [5.41, 5.74) is 8.05. The van der Waals surface area contributed by atoms with Gasteiger partial charge in [0.2, 0.25) is 0 Å². The number of hydrogen-bond donors (Lipinski definition) is 1. The van der Waals surface area contributed by atoms with Crippen molar-refractivity contribution in [1.29, 1.82) is 0 Å². The SMILES string of the molecule is N[C@@H](c1ccncc1)c1ccccc1Cl. The van der Waals surface area contributed by atoms with E-state index in [0.29, 0.717) is 5.02 Å². The van der Waals surface area contributed by atoms with Crippen molar-refractivity contribution in [3.63, 3.8) is 0 Å². The number of hydrogen-bond acceptors (Lipinski definition) is 2. The molecule has 0 fully saturated rings. The van der Waals surface area contributed by atoms with Gasteiger partial charge in [0.15, 0.2) is 0 Å². The highest BCUT2D eigenvalue weighted by atomic mass is 35.5. The highest BCUT2D eigenvalue weighted by Crippen LogP contribution is 2.25. The van der Waals surface area contributed by atoms with Crippen LogP contribution in [0.3, 0.4) is 0 Å². The molecule has 1 aromatic carbocycles. The topological polar surface area (TPSA) is 38.9 Å². The minimum absolute atomic E-state index is 0.193. The molecule has 1 aromatic heterocycles. The third-order valence-electron chi connectivity index (χ3n) is 2.31. The number of pyridine rings is 1. The average molecular weight is 219 g/mol. The van der Waals surface area contributed by atoms with Crippen molar-refractivity contribution in [3.05, 3.63) is 64.9 Å². The van der Waals surface area contributed by atoms with Gasteiger partial charge in [0.05, 0.1) is 6.04 Å². The first-order valence-corrected chi connectivity index (χ1v) is 5.07. The van der Waals surface area contributed by atoms with Crippen molar-refractivity contribution < 1.29 is 0 Å². The molecule has 0 bridgehead atoms. The second-order valence-electron chi connectivity index (χ2n) is 3.28. The van der Waals surface area contributed by atoms with Gasteiger partial charge in [0, 0.05) is 17.4 Å². The fourth-order valence-electron chi connectivity index (χ4n) is 1.48. The van der Waals surface area contributed by atoms with Gasteiger partial charge in [-0.05, 0) is 29.3 Å². The third-order valence-corrected chi connectivity index (χ3v) is 2.65. The molecule has 76 valence electrons. The first-order valence-electron chi connectivity index (χ1n) is 4.69. The number of aromatic nitrogens is 1. The number of nitrogens with zero attached hydrogens (tertiary/aromatic N) is 1. The highest BCUT2D eigenvalue weighted by molar-refractivity contribution is 6.31. The van der Waals surface area contributed by atoms with E-state index in [0.717, 1.165) is 11.1 Å². The van der Waals surface area contributed by atoms with Crippen LogP contribution in [0.1, 0.15) is 17.2 Å². The third kappa shape index (κ3) is 2.17. The zero-order valence-electron chi connectivity index (χ0n) is 8.10. The summed E-state index contributed by atoms with van der Waals surface area (Å²) >= 11 is 6.07. The molecule has 0 saturated carbocycles. The lowest BCUT2D eigenvalue weighted by atomic mass is 10.0. The molecule has 0 aliphatic heterocycles. The Labute approximate surface area is 93.7 Å². The summed E-state index contributed by atoms with van der Waals surface area (Å²) in [5.74, 6) is 0. The standard InChI is InChI=1S/C12H11ClN2/c13-11-4-2-1-3-10(11)12(14)9-5-7-15-8-6-9/h1-8,12H,14H2/t12-/m0/s1. The van der Waals surface area contributed by atoms with Crippen LogP contribution >= 0.6 is 11.6 Å². The van der Waals surface area contributed by atoms with Crippen LogP contribution in [0.4, 0.5) is 0 Å². The Kier molecular flexibility index (Phi) is 2.99. The molecule has 15 heavy (non-hydrogen) atoms. The van der Waals surface area contributed by atoms with Gasteiger partial charge in [0.25, 0.3) is 0 Å². The van der Waals surface area contributed by atoms with E-state index >= 15 is 0 Å². The summed E-state index contributed by atoms with van der Waals surface area (Å²) in [7, 11) is 0. The predicted octanol–water partition coefficient (Wildman–Crippen LogP) is 2.78. The monoisotopic (exact) mass is 218 g/mol. The maximum absolute atomic E-state index is 6.10. The zero-order chi connectivity index (χ0) is 10.7. The fourth-order valence-corrected chi connectivity index (χ4v) is 1.73. The van der Waals surface area contributed by atoms with E-state index in [4.69, 9.17) is 17.3 Å². The number of halogens is 1. The lowest BCUT2D eigenvalue weighted by Crippen LogP contribution is -2.12. The van der Waals surface area contributed by atoms with Crippen molar-refractivity contribution in [2.75, 3.05) is 0 Å². The maximum Gasteiger partial charge on any atom is 0.0567 e. The quantitative estimate of drug-likeness (QED) is 0.842. The van der Waals surface area contributed by atoms with E-state index in [1.807, 2.05) is 36.4 Å². The van der Waals surface area contributed by atoms with Crippen LogP contribution in [0, 0.1) is 0 Å². The van der Waals surface area contributed by atoms with E-state index in [9.17, 15) is 0 Å². The summed E-state index contributed by atoms with van der Waals surface area (Å²) < 4.78 is 0. The molecule has 2 rings (SSSR count). The van der Waals surface area contributed by atoms with E-state index in [2.05, 4.69) is 4.98 Å². The molecule has 0 aliphatic carbocycles. The largest absolute Gasteiger partial charge is 0.320 e. The van der Waals surface area contributed by atoms with Crippen LogP contribution < -0.4 is 5.73 Å². The molecule has 1 atom stereocenters. The Morgan fingerprint density at radius 1 is 1.07 bits per heavy atom. The normalized spacial score (nSPS) is 12.4. The molecule has 2 N–H and O–H groups in total. The van der Waals surface area contributed by atoms with Gasteiger partial charge in [-0.3, -0.25) is 4.98 Å². The molecule has 2 aromatic rings. The number of nitrogens with two attached hydrogens (primary N) is 1. The van der Waals surface area contributed by atoms with Crippen molar-refractivity contribution in [2.45, 2.75) is 6.04 Å². The van der Waals surface area contributed by atoms with Crippen LogP contribution in [0.25, 0.3) is 0 Å². The van der Waals surface area contributed by atoms with Gasteiger partial charge >= 0.3 is 0 Å².